The Labute approximate surface area is 189 Å². The standard InChI is InChI=1S/C11H14N4.C6H3ClN2.C5H12N2/c1-9-8-15(5-4-13-9)11-3-2-10(6-12)7-14-11;7-6-2-1-5(3-8)4-9-6;1-5-4-6-2-3-7-5/h2-3,7,9,13H,4-5,8H2,1H3;1-2,4H;5-7H,2-4H2,1H3/t9-;;5-/m1.1/s1. The molecule has 4 heterocycles. The van der Waals surface area contributed by atoms with Crippen molar-refractivity contribution >= 4 is 17.4 Å². The molecule has 2 aromatic heterocycles. The van der Waals surface area contributed by atoms with Gasteiger partial charge in [-0.15, -0.1) is 0 Å². The Morgan fingerprint density at radius 3 is 2.06 bits per heavy atom. The maximum absolute atomic E-state index is 8.67. The Morgan fingerprint density at radius 1 is 0.935 bits per heavy atom. The molecule has 2 fully saturated rings. The van der Waals surface area contributed by atoms with Gasteiger partial charge in [-0.3, -0.25) is 0 Å². The van der Waals surface area contributed by atoms with Crippen molar-refractivity contribution in [1.29, 1.82) is 10.5 Å². The number of anilines is 1. The van der Waals surface area contributed by atoms with Gasteiger partial charge in [0.2, 0.25) is 0 Å². The van der Waals surface area contributed by atoms with Gasteiger partial charge in [-0.1, -0.05) is 11.6 Å². The van der Waals surface area contributed by atoms with Crippen LogP contribution in [0.5, 0.6) is 0 Å². The summed E-state index contributed by atoms with van der Waals surface area (Å²) < 4.78 is 0. The normalized spacial score (nSPS) is 20.1. The second-order valence-corrected chi connectivity index (χ2v) is 7.75. The van der Waals surface area contributed by atoms with E-state index in [9.17, 15) is 0 Å². The average Bonchev–Trinajstić information content (AvgIpc) is 2.81. The molecular formula is C22H29ClN8. The molecule has 2 aromatic rings. The van der Waals surface area contributed by atoms with Crippen molar-refractivity contribution in [1.82, 2.24) is 25.9 Å². The van der Waals surface area contributed by atoms with Crippen LogP contribution in [0, 0.1) is 22.7 Å². The summed E-state index contributed by atoms with van der Waals surface area (Å²) in [6.45, 7) is 10.7. The van der Waals surface area contributed by atoms with E-state index < -0.39 is 0 Å². The summed E-state index contributed by atoms with van der Waals surface area (Å²) in [5.74, 6) is 0.961. The molecule has 0 unspecified atom stereocenters. The van der Waals surface area contributed by atoms with E-state index >= 15 is 0 Å². The highest BCUT2D eigenvalue weighted by atomic mass is 35.5. The number of halogens is 1. The molecule has 0 spiro atoms. The Kier molecular flexibility index (Phi) is 10.7. The molecule has 2 saturated heterocycles. The molecule has 9 heteroatoms. The second-order valence-electron chi connectivity index (χ2n) is 7.36. The van der Waals surface area contributed by atoms with Gasteiger partial charge in [0.25, 0.3) is 0 Å². The lowest BCUT2D eigenvalue weighted by Gasteiger charge is -2.32. The number of nitrogens with one attached hydrogen (secondary N) is 3. The fourth-order valence-corrected chi connectivity index (χ4v) is 3.13. The molecule has 2 aliphatic rings. The molecule has 0 aromatic carbocycles. The van der Waals surface area contributed by atoms with Gasteiger partial charge in [-0.2, -0.15) is 10.5 Å². The predicted octanol–water partition coefficient (Wildman–Crippen LogP) is 1.93. The van der Waals surface area contributed by atoms with Crippen LogP contribution >= 0.6 is 11.6 Å². The summed E-state index contributed by atoms with van der Waals surface area (Å²) in [7, 11) is 0. The molecule has 8 nitrogen and oxygen atoms in total. The van der Waals surface area contributed by atoms with Crippen molar-refractivity contribution in [2.45, 2.75) is 25.9 Å². The van der Waals surface area contributed by atoms with Crippen LogP contribution in [-0.4, -0.2) is 61.3 Å². The predicted molar refractivity (Wildman–Crippen MR) is 123 cm³/mol. The first-order valence-corrected chi connectivity index (χ1v) is 10.7. The van der Waals surface area contributed by atoms with Crippen molar-refractivity contribution in [2.24, 2.45) is 0 Å². The number of rotatable bonds is 1. The van der Waals surface area contributed by atoms with Gasteiger partial charge < -0.3 is 20.9 Å². The molecule has 0 aliphatic carbocycles. The van der Waals surface area contributed by atoms with Gasteiger partial charge in [0.1, 0.15) is 23.1 Å². The van der Waals surface area contributed by atoms with E-state index in [1.54, 1.807) is 18.3 Å². The van der Waals surface area contributed by atoms with Gasteiger partial charge in [0, 0.05) is 63.7 Å². The molecule has 4 rings (SSSR count). The van der Waals surface area contributed by atoms with Crippen LogP contribution in [-0.2, 0) is 0 Å². The van der Waals surface area contributed by atoms with E-state index in [-0.39, 0.29) is 0 Å². The van der Waals surface area contributed by atoms with E-state index in [0.717, 1.165) is 45.1 Å². The monoisotopic (exact) mass is 440 g/mol. The minimum atomic E-state index is 0.411. The van der Waals surface area contributed by atoms with Gasteiger partial charge in [0.15, 0.2) is 0 Å². The Balaban J connectivity index is 0.000000181. The Morgan fingerprint density at radius 2 is 1.61 bits per heavy atom. The van der Waals surface area contributed by atoms with E-state index in [1.165, 1.54) is 6.20 Å². The van der Waals surface area contributed by atoms with Crippen molar-refractivity contribution in [3.8, 4) is 12.1 Å². The molecular weight excluding hydrogens is 412 g/mol. The molecule has 164 valence electrons. The first-order valence-electron chi connectivity index (χ1n) is 10.3. The highest BCUT2D eigenvalue weighted by Gasteiger charge is 2.16. The van der Waals surface area contributed by atoms with Crippen LogP contribution in [0.4, 0.5) is 5.82 Å². The summed E-state index contributed by atoms with van der Waals surface area (Å²) >= 11 is 5.45. The number of piperazine rings is 2. The molecule has 0 saturated carbocycles. The summed E-state index contributed by atoms with van der Waals surface area (Å²) in [5.41, 5.74) is 1.14. The highest BCUT2D eigenvalue weighted by molar-refractivity contribution is 6.29. The second kappa shape index (κ2) is 13.5. The summed E-state index contributed by atoms with van der Waals surface area (Å²) in [4.78, 5) is 10.2. The van der Waals surface area contributed by atoms with Gasteiger partial charge in [0.05, 0.1) is 11.1 Å². The fraction of sp³-hybridized carbons (Fsp3) is 0.455. The van der Waals surface area contributed by atoms with Gasteiger partial charge in [-0.25, -0.2) is 9.97 Å². The minimum Gasteiger partial charge on any atom is -0.354 e. The quantitative estimate of drug-likeness (QED) is 0.576. The largest absolute Gasteiger partial charge is 0.354 e. The topological polar surface area (TPSA) is 113 Å². The minimum absolute atomic E-state index is 0.411. The highest BCUT2D eigenvalue weighted by Crippen LogP contribution is 2.13. The number of nitrogens with zero attached hydrogens (tertiary/aromatic N) is 5. The van der Waals surface area contributed by atoms with Crippen LogP contribution in [0.1, 0.15) is 25.0 Å². The van der Waals surface area contributed by atoms with E-state index in [2.05, 4.69) is 50.7 Å². The molecule has 0 bridgehead atoms. The van der Waals surface area contributed by atoms with Crippen molar-refractivity contribution in [3.05, 3.63) is 52.9 Å². The first kappa shape index (κ1) is 24.5. The third kappa shape index (κ3) is 9.29. The molecule has 2 atom stereocenters. The smallest absolute Gasteiger partial charge is 0.129 e. The summed E-state index contributed by atoms with van der Waals surface area (Å²) in [6.07, 6.45) is 3.06. The number of pyridine rings is 2. The molecule has 0 radical (unpaired) electrons. The summed E-state index contributed by atoms with van der Waals surface area (Å²) in [6, 6.07) is 12.1. The third-order valence-corrected chi connectivity index (χ3v) is 4.89. The van der Waals surface area contributed by atoms with E-state index in [1.807, 2.05) is 18.2 Å². The summed E-state index contributed by atoms with van der Waals surface area (Å²) in [5, 5.41) is 27.3. The molecule has 31 heavy (non-hydrogen) atoms. The molecule has 2 aliphatic heterocycles. The van der Waals surface area contributed by atoms with Gasteiger partial charge in [-0.05, 0) is 38.1 Å². The first-order chi connectivity index (χ1) is 15.0. The fourth-order valence-electron chi connectivity index (χ4n) is 3.02. The van der Waals surface area contributed by atoms with Crippen LogP contribution in [0.3, 0.4) is 0 Å². The third-order valence-electron chi connectivity index (χ3n) is 4.67. The lowest BCUT2D eigenvalue weighted by molar-refractivity contribution is 0.442. The SMILES string of the molecule is C[C@@H]1CN(c2ccc(C#N)cn2)CCN1.C[C@@H]1CNCCN1.N#Cc1ccc(Cl)nc1. The van der Waals surface area contributed by atoms with Crippen molar-refractivity contribution in [3.63, 3.8) is 0 Å². The number of aromatic nitrogens is 2. The van der Waals surface area contributed by atoms with Crippen LogP contribution in [0.2, 0.25) is 5.15 Å². The number of hydrogen-bond donors (Lipinski definition) is 3. The van der Waals surface area contributed by atoms with E-state index in [0.29, 0.717) is 28.4 Å². The zero-order valence-corrected chi connectivity index (χ0v) is 18.7. The maximum Gasteiger partial charge on any atom is 0.129 e. The van der Waals surface area contributed by atoms with Gasteiger partial charge >= 0.3 is 0 Å². The van der Waals surface area contributed by atoms with Crippen LogP contribution in [0.25, 0.3) is 0 Å². The lowest BCUT2D eigenvalue weighted by atomic mass is 10.2. The van der Waals surface area contributed by atoms with Crippen molar-refractivity contribution < 1.29 is 0 Å². The zero-order valence-electron chi connectivity index (χ0n) is 18.0. The van der Waals surface area contributed by atoms with Crippen LogP contribution < -0.4 is 20.9 Å². The lowest BCUT2D eigenvalue weighted by Crippen LogP contribution is -2.49. The number of nitriles is 2. The van der Waals surface area contributed by atoms with Crippen molar-refractivity contribution in [2.75, 3.05) is 44.2 Å². The Bertz CT molecular complexity index is 851. The average molecular weight is 441 g/mol. The molecule has 0 amide bonds. The Hall–Kier alpha value is -2.75. The zero-order chi connectivity index (χ0) is 22.5. The van der Waals surface area contributed by atoms with Crippen LogP contribution in [0.15, 0.2) is 36.7 Å². The number of hydrogen-bond acceptors (Lipinski definition) is 8. The molecule has 3 N–H and O–H groups in total. The maximum atomic E-state index is 8.67. The van der Waals surface area contributed by atoms with E-state index in [4.69, 9.17) is 22.1 Å².